The van der Waals surface area contributed by atoms with Crippen LogP contribution in [0.15, 0.2) is 10.6 Å². The molecule has 41 heavy (non-hydrogen) atoms. The number of hydrogen-bond donors (Lipinski definition) is 3. The maximum Gasteiger partial charge on any atom is 0.410 e. The Bertz CT molecular complexity index is 979. The average molecular weight is 602 g/mol. The molecule has 7 atom stereocenters. The molecule has 234 valence electrons. The van der Waals surface area contributed by atoms with E-state index in [2.05, 4.69) is 44.8 Å². The quantitative estimate of drug-likeness (QED) is 0.182. The highest BCUT2D eigenvalue weighted by Crippen LogP contribution is 2.52. The Morgan fingerprint density at radius 2 is 1.76 bits per heavy atom. The van der Waals surface area contributed by atoms with Gasteiger partial charge in [-0.05, 0) is 47.6 Å². The first-order valence-corrected chi connectivity index (χ1v) is 15.1. The van der Waals surface area contributed by atoms with E-state index >= 15 is 0 Å². The van der Waals surface area contributed by atoms with E-state index in [1.165, 1.54) is 37.4 Å². The average Bonchev–Trinajstić information content (AvgIpc) is 3.38. The minimum atomic E-state index is -1.18. The van der Waals surface area contributed by atoms with Gasteiger partial charge >= 0.3 is 18.0 Å². The summed E-state index contributed by atoms with van der Waals surface area (Å²) >= 11 is 1.34. The van der Waals surface area contributed by atoms with Crippen LogP contribution in [0.5, 0.6) is 0 Å². The van der Waals surface area contributed by atoms with E-state index in [0.717, 1.165) is 6.54 Å². The maximum absolute atomic E-state index is 12.5. The fourth-order valence-corrected chi connectivity index (χ4v) is 7.27. The number of nitrogens with one attached hydrogen (secondary N) is 1. The topological polar surface area (TPSA) is 155 Å². The number of amides is 2. The van der Waals surface area contributed by atoms with Gasteiger partial charge in [-0.1, -0.05) is 13.8 Å². The zero-order valence-electron chi connectivity index (χ0n) is 25.6. The number of carbonyl (C=O) groups is 4. The van der Waals surface area contributed by atoms with E-state index in [1.54, 1.807) is 0 Å². The molecule has 2 amide bonds. The standard InChI is InChI=1S/C20H28N2O9S.C8H19N/c1-8-15-14(9(2)23)18(25)22(15)16(19(26)27)17(8)32-13-5-6-29-12(13)7-21-20(28)31-11(4)30-10(3)24;1-6-9(7(2)3)8(4)5/h8-9,11-15,23H,5-7H2,1-4H3,(H,21,28)(H,26,27);7-8H,6H2,1-5H3/t8-,9-,11?,12-,13-,14-,15?;/m1./s1. The lowest BCUT2D eigenvalue weighted by molar-refractivity contribution is -0.163. The Morgan fingerprint density at radius 1 is 1.15 bits per heavy atom. The number of aliphatic carboxylic acids is 1. The number of aliphatic hydroxyl groups is 1. The molecule has 3 aliphatic heterocycles. The molecule has 0 aromatic rings. The number of ether oxygens (including phenoxy) is 3. The third-order valence-corrected chi connectivity index (χ3v) is 9.14. The molecule has 0 radical (unpaired) electrons. The van der Waals surface area contributed by atoms with Gasteiger partial charge in [-0.3, -0.25) is 14.5 Å². The van der Waals surface area contributed by atoms with E-state index in [0.29, 0.717) is 30.0 Å². The molecule has 2 fully saturated rings. The SMILES string of the molecule is CC(=O)OC(C)OC(=O)NC[C@H]1OCC[C@H]1SC1=C(C(=O)O)N2C(=O)[C@H]([C@@H](C)O)C2[C@H]1C.CCN(C(C)C)C(C)C. The first kappa shape index (κ1) is 34.8. The van der Waals surface area contributed by atoms with Gasteiger partial charge in [0.1, 0.15) is 5.70 Å². The van der Waals surface area contributed by atoms with Crippen LogP contribution < -0.4 is 5.32 Å². The molecular formula is C28H47N3O9S. The number of esters is 1. The number of carbonyl (C=O) groups excluding carboxylic acids is 3. The molecule has 0 aromatic carbocycles. The van der Waals surface area contributed by atoms with Crippen LogP contribution in [0, 0.1) is 11.8 Å². The highest BCUT2D eigenvalue weighted by atomic mass is 32.2. The molecular weight excluding hydrogens is 554 g/mol. The Morgan fingerprint density at radius 3 is 2.22 bits per heavy atom. The van der Waals surface area contributed by atoms with Crippen molar-refractivity contribution in [1.82, 2.24) is 15.1 Å². The molecule has 0 aromatic heterocycles. The summed E-state index contributed by atoms with van der Waals surface area (Å²) in [6.45, 7) is 18.9. The second kappa shape index (κ2) is 15.2. The van der Waals surface area contributed by atoms with Crippen molar-refractivity contribution < 1.29 is 43.6 Å². The lowest BCUT2D eigenvalue weighted by atomic mass is 9.79. The third kappa shape index (κ3) is 8.59. The predicted octanol–water partition coefficient (Wildman–Crippen LogP) is 2.79. The number of aliphatic hydroxyl groups excluding tert-OH is 1. The minimum absolute atomic E-state index is 0.0392. The summed E-state index contributed by atoms with van der Waals surface area (Å²) in [5, 5.41) is 22.1. The van der Waals surface area contributed by atoms with Crippen molar-refractivity contribution in [2.24, 2.45) is 11.8 Å². The third-order valence-electron chi connectivity index (χ3n) is 7.48. The number of alkyl carbamates (subject to hydrolysis) is 1. The molecule has 0 spiro atoms. The Balaban J connectivity index is 0.000000564. The molecule has 3 rings (SSSR count). The molecule has 0 bridgehead atoms. The van der Waals surface area contributed by atoms with Crippen LogP contribution in [0.1, 0.15) is 68.7 Å². The van der Waals surface area contributed by atoms with Crippen molar-refractivity contribution in [2.75, 3.05) is 19.7 Å². The highest BCUT2D eigenvalue weighted by molar-refractivity contribution is 8.03. The molecule has 12 nitrogen and oxygen atoms in total. The lowest BCUT2D eigenvalue weighted by Gasteiger charge is -2.46. The van der Waals surface area contributed by atoms with Crippen molar-refractivity contribution in [3.8, 4) is 0 Å². The Kier molecular flexibility index (Phi) is 12.9. The van der Waals surface area contributed by atoms with Crippen LogP contribution >= 0.6 is 11.8 Å². The van der Waals surface area contributed by atoms with E-state index in [-0.39, 0.29) is 35.4 Å². The summed E-state index contributed by atoms with van der Waals surface area (Å²) in [4.78, 5) is 51.6. The van der Waals surface area contributed by atoms with Gasteiger partial charge in [0.15, 0.2) is 0 Å². The largest absolute Gasteiger partial charge is 0.477 e. The van der Waals surface area contributed by atoms with Gasteiger partial charge in [0.25, 0.3) is 0 Å². The number of carboxylic acids is 1. The van der Waals surface area contributed by atoms with Crippen molar-refractivity contribution >= 4 is 35.7 Å². The van der Waals surface area contributed by atoms with Gasteiger partial charge in [0.05, 0.1) is 24.2 Å². The molecule has 0 saturated carbocycles. The van der Waals surface area contributed by atoms with E-state index in [4.69, 9.17) is 14.2 Å². The lowest BCUT2D eigenvalue weighted by Crippen LogP contribution is -2.63. The van der Waals surface area contributed by atoms with Crippen LogP contribution in [-0.2, 0) is 28.6 Å². The number of β-lactam (4-membered cyclic amide) rings is 1. The highest BCUT2D eigenvalue weighted by Gasteiger charge is 2.60. The zero-order chi connectivity index (χ0) is 31.2. The summed E-state index contributed by atoms with van der Waals surface area (Å²) < 4.78 is 15.4. The van der Waals surface area contributed by atoms with Gasteiger partial charge in [0, 0.05) is 55.2 Å². The molecule has 0 aliphatic carbocycles. The zero-order valence-corrected chi connectivity index (χ0v) is 26.4. The predicted molar refractivity (Wildman–Crippen MR) is 154 cm³/mol. The van der Waals surface area contributed by atoms with Gasteiger partial charge < -0.3 is 34.6 Å². The first-order valence-electron chi connectivity index (χ1n) is 14.3. The van der Waals surface area contributed by atoms with Gasteiger partial charge in [-0.2, -0.15) is 0 Å². The summed E-state index contributed by atoms with van der Waals surface area (Å²) in [5.74, 6) is -3.00. The van der Waals surface area contributed by atoms with Crippen LogP contribution in [-0.4, -0.2) is 106 Å². The number of fused-ring (bicyclic) bond motifs is 1. The Labute approximate surface area is 247 Å². The molecule has 2 saturated heterocycles. The fraction of sp³-hybridized carbons (Fsp3) is 0.786. The Hall–Kier alpha value is -2.35. The molecule has 13 heteroatoms. The van der Waals surface area contributed by atoms with E-state index in [1.807, 2.05) is 6.92 Å². The molecule has 3 aliphatic rings. The van der Waals surface area contributed by atoms with Crippen molar-refractivity contribution in [2.45, 2.75) is 111 Å². The second-order valence-corrected chi connectivity index (χ2v) is 12.4. The van der Waals surface area contributed by atoms with Crippen LogP contribution in [0.2, 0.25) is 0 Å². The normalized spacial score (nSPS) is 26.8. The molecule has 2 unspecified atom stereocenters. The second-order valence-electron chi connectivity index (χ2n) is 11.1. The van der Waals surface area contributed by atoms with Crippen LogP contribution in [0.4, 0.5) is 4.79 Å². The van der Waals surface area contributed by atoms with Crippen molar-refractivity contribution in [3.05, 3.63) is 10.6 Å². The number of hydrogen-bond acceptors (Lipinski definition) is 10. The van der Waals surface area contributed by atoms with Crippen LogP contribution in [0.3, 0.4) is 0 Å². The van der Waals surface area contributed by atoms with Gasteiger partial charge in [0.2, 0.25) is 12.2 Å². The number of rotatable bonds is 11. The van der Waals surface area contributed by atoms with Crippen molar-refractivity contribution in [1.29, 1.82) is 0 Å². The van der Waals surface area contributed by atoms with Crippen molar-refractivity contribution in [3.63, 3.8) is 0 Å². The van der Waals surface area contributed by atoms with Gasteiger partial charge in [-0.25, -0.2) is 9.59 Å². The number of thioether (sulfide) groups is 1. The maximum atomic E-state index is 12.5. The number of nitrogens with zero attached hydrogens (tertiary/aromatic N) is 2. The summed E-state index contributed by atoms with van der Waals surface area (Å²) in [5.41, 5.74) is -0.0392. The molecule has 3 N–H and O–H groups in total. The first-order chi connectivity index (χ1) is 19.1. The molecule has 3 heterocycles. The summed E-state index contributed by atoms with van der Waals surface area (Å²) in [7, 11) is 0. The summed E-state index contributed by atoms with van der Waals surface area (Å²) in [6.07, 6.45) is -2.43. The van der Waals surface area contributed by atoms with E-state index in [9.17, 15) is 29.4 Å². The monoisotopic (exact) mass is 601 g/mol. The number of carboxylic acid groups (broad SMARTS) is 1. The minimum Gasteiger partial charge on any atom is -0.477 e. The summed E-state index contributed by atoms with van der Waals surface area (Å²) in [6, 6.07) is 0.998. The fourth-order valence-electron chi connectivity index (χ4n) is 5.76. The van der Waals surface area contributed by atoms with Crippen LogP contribution in [0.25, 0.3) is 0 Å². The smallest absolute Gasteiger partial charge is 0.410 e. The van der Waals surface area contributed by atoms with E-state index < -0.39 is 42.4 Å². The van der Waals surface area contributed by atoms with Gasteiger partial charge in [-0.15, -0.1) is 11.8 Å².